The first-order valence-corrected chi connectivity index (χ1v) is 6.36. The van der Waals surface area contributed by atoms with Crippen molar-refractivity contribution in [3.05, 3.63) is 0 Å². The third-order valence-electron chi connectivity index (χ3n) is 3.19. The Bertz CT molecular complexity index is 300. The molecule has 0 spiro atoms. The Morgan fingerprint density at radius 2 is 2.00 bits per heavy atom. The molecule has 3 N–H and O–H groups in total. The van der Waals surface area contributed by atoms with Crippen LogP contribution in [0.2, 0.25) is 0 Å². The number of hydrogen-bond donors (Lipinski definition) is 3. The topological polar surface area (TPSA) is 87.7 Å². The van der Waals surface area contributed by atoms with Gasteiger partial charge in [0.2, 0.25) is 0 Å². The highest BCUT2D eigenvalue weighted by molar-refractivity contribution is 5.82. The molecule has 1 fully saturated rings. The lowest BCUT2D eigenvalue weighted by Gasteiger charge is -2.34. The van der Waals surface area contributed by atoms with Crippen LogP contribution in [0, 0.1) is 0 Å². The molecular weight excluding hydrogens is 236 g/mol. The maximum Gasteiger partial charge on any atom is 0.326 e. The number of hydrogen-bond acceptors (Lipinski definition) is 3. The van der Waals surface area contributed by atoms with Gasteiger partial charge in [-0.2, -0.15) is 0 Å². The molecule has 0 aromatic carbocycles. The normalized spacial score (nSPS) is 19.9. The van der Waals surface area contributed by atoms with Gasteiger partial charge in [0.05, 0.1) is 0 Å². The van der Waals surface area contributed by atoms with Gasteiger partial charge in [-0.15, -0.1) is 0 Å². The smallest absolute Gasteiger partial charge is 0.326 e. The molecule has 6 nitrogen and oxygen atoms in total. The van der Waals surface area contributed by atoms with Gasteiger partial charge in [0.25, 0.3) is 0 Å². The Kier molecular flexibility index (Phi) is 5.40. The van der Waals surface area contributed by atoms with E-state index in [2.05, 4.69) is 10.6 Å². The van der Waals surface area contributed by atoms with E-state index < -0.39 is 18.0 Å². The van der Waals surface area contributed by atoms with Crippen LogP contribution in [0.5, 0.6) is 0 Å². The molecule has 0 radical (unpaired) electrons. The first kappa shape index (κ1) is 14.8. The highest BCUT2D eigenvalue weighted by Gasteiger charge is 2.30. The Balaban J connectivity index is 2.46. The molecule has 18 heavy (non-hydrogen) atoms. The highest BCUT2D eigenvalue weighted by Crippen LogP contribution is 2.19. The summed E-state index contributed by atoms with van der Waals surface area (Å²) in [7, 11) is 0. The van der Waals surface area contributed by atoms with Gasteiger partial charge in [0, 0.05) is 18.8 Å². The van der Waals surface area contributed by atoms with Crippen LogP contribution < -0.4 is 10.6 Å². The van der Waals surface area contributed by atoms with Crippen LogP contribution in [0.4, 0.5) is 4.79 Å². The second kappa shape index (κ2) is 6.58. The van der Waals surface area contributed by atoms with Crippen molar-refractivity contribution in [2.45, 2.75) is 51.1 Å². The van der Waals surface area contributed by atoms with E-state index in [0.717, 1.165) is 12.8 Å². The van der Waals surface area contributed by atoms with Crippen LogP contribution in [0.25, 0.3) is 0 Å². The molecular formula is C12H22N2O4. The molecule has 104 valence electrons. The van der Waals surface area contributed by atoms with Gasteiger partial charge in [-0.1, -0.05) is 13.3 Å². The highest BCUT2D eigenvalue weighted by atomic mass is 16.5. The van der Waals surface area contributed by atoms with Gasteiger partial charge in [-0.3, -0.25) is 0 Å². The van der Waals surface area contributed by atoms with E-state index in [1.165, 1.54) is 0 Å². The Morgan fingerprint density at radius 3 is 2.50 bits per heavy atom. The quantitative estimate of drug-likeness (QED) is 0.689. The predicted molar refractivity (Wildman–Crippen MR) is 66.5 cm³/mol. The molecule has 6 heteroatoms. The van der Waals surface area contributed by atoms with E-state index in [-0.39, 0.29) is 5.54 Å². The summed E-state index contributed by atoms with van der Waals surface area (Å²) in [6.07, 6.45) is 2.63. The number of carbonyl (C=O) groups is 2. The molecule has 0 aromatic heterocycles. The summed E-state index contributed by atoms with van der Waals surface area (Å²) in [5, 5.41) is 14.3. The monoisotopic (exact) mass is 258 g/mol. The van der Waals surface area contributed by atoms with Crippen molar-refractivity contribution >= 4 is 12.0 Å². The van der Waals surface area contributed by atoms with E-state index in [1.54, 1.807) is 0 Å². The third kappa shape index (κ3) is 4.52. The zero-order valence-electron chi connectivity index (χ0n) is 11.0. The van der Waals surface area contributed by atoms with Crippen LogP contribution in [-0.4, -0.2) is 41.9 Å². The van der Waals surface area contributed by atoms with Crippen molar-refractivity contribution < 1.29 is 19.4 Å². The SMILES string of the molecule is CCCC(NC(=O)NC1(C)CCOCC1)C(=O)O. The second-order valence-electron chi connectivity index (χ2n) is 4.95. The summed E-state index contributed by atoms with van der Waals surface area (Å²) < 4.78 is 5.24. The maximum absolute atomic E-state index is 11.8. The van der Waals surface area contributed by atoms with Gasteiger partial charge in [0.15, 0.2) is 0 Å². The first-order chi connectivity index (χ1) is 8.47. The zero-order valence-corrected chi connectivity index (χ0v) is 11.0. The molecule has 1 rings (SSSR count). The minimum absolute atomic E-state index is 0.308. The van der Waals surface area contributed by atoms with Gasteiger partial charge >= 0.3 is 12.0 Å². The number of carboxylic acid groups (broad SMARTS) is 1. The maximum atomic E-state index is 11.8. The Morgan fingerprint density at radius 1 is 1.39 bits per heavy atom. The molecule has 1 aliphatic heterocycles. The lowest BCUT2D eigenvalue weighted by Crippen LogP contribution is -2.55. The minimum atomic E-state index is -0.996. The molecule has 0 bridgehead atoms. The molecule has 1 aliphatic rings. The molecule has 1 heterocycles. The summed E-state index contributed by atoms with van der Waals surface area (Å²) >= 11 is 0. The van der Waals surface area contributed by atoms with Crippen molar-refractivity contribution in [3.63, 3.8) is 0 Å². The number of nitrogens with one attached hydrogen (secondary N) is 2. The fraction of sp³-hybridized carbons (Fsp3) is 0.833. The first-order valence-electron chi connectivity index (χ1n) is 6.36. The van der Waals surface area contributed by atoms with Crippen LogP contribution in [0.15, 0.2) is 0 Å². The van der Waals surface area contributed by atoms with Gasteiger partial charge in [0.1, 0.15) is 6.04 Å². The fourth-order valence-corrected chi connectivity index (χ4v) is 1.96. The number of carboxylic acids is 1. The van der Waals surface area contributed by atoms with E-state index in [1.807, 2.05) is 13.8 Å². The molecule has 1 saturated heterocycles. The number of aliphatic carboxylic acids is 1. The van der Waals surface area contributed by atoms with Gasteiger partial charge < -0.3 is 20.5 Å². The van der Waals surface area contributed by atoms with Crippen molar-refractivity contribution in [2.75, 3.05) is 13.2 Å². The standard InChI is InChI=1S/C12H22N2O4/c1-3-4-9(10(15)16)13-11(17)14-12(2)5-7-18-8-6-12/h9H,3-8H2,1-2H3,(H,15,16)(H2,13,14,17). The predicted octanol–water partition coefficient (Wildman–Crippen LogP) is 1.11. The van der Waals surface area contributed by atoms with Crippen LogP contribution >= 0.6 is 0 Å². The second-order valence-corrected chi connectivity index (χ2v) is 4.95. The number of amides is 2. The summed E-state index contributed by atoms with van der Waals surface area (Å²) in [5.74, 6) is -0.996. The lowest BCUT2D eigenvalue weighted by molar-refractivity contribution is -0.139. The van der Waals surface area contributed by atoms with Gasteiger partial charge in [-0.05, 0) is 26.2 Å². The summed E-state index contributed by atoms with van der Waals surface area (Å²) in [5.41, 5.74) is -0.308. The van der Waals surface area contributed by atoms with Crippen molar-refractivity contribution in [3.8, 4) is 0 Å². The van der Waals surface area contributed by atoms with Crippen LogP contribution in [-0.2, 0) is 9.53 Å². The minimum Gasteiger partial charge on any atom is -0.480 e. The Labute approximate surface area is 107 Å². The number of urea groups is 1. The van der Waals surface area contributed by atoms with Crippen LogP contribution in [0.1, 0.15) is 39.5 Å². The zero-order chi connectivity index (χ0) is 13.6. The summed E-state index contributed by atoms with van der Waals surface area (Å²) in [6.45, 7) is 5.07. The summed E-state index contributed by atoms with van der Waals surface area (Å²) in [6, 6.07) is -1.24. The number of ether oxygens (including phenoxy) is 1. The van der Waals surface area contributed by atoms with E-state index in [4.69, 9.17) is 9.84 Å². The van der Waals surface area contributed by atoms with E-state index >= 15 is 0 Å². The third-order valence-corrected chi connectivity index (χ3v) is 3.19. The van der Waals surface area contributed by atoms with Crippen molar-refractivity contribution in [1.82, 2.24) is 10.6 Å². The van der Waals surface area contributed by atoms with Crippen molar-refractivity contribution in [2.24, 2.45) is 0 Å². The average molecular weight is 258 g/mol. The number of carbonyl (C=O) groups excluding carboxylic acids is 1. The molecule has 0 aliphatic carbocycles. The Hall–Kier alpha value is -1.30. The largest absolute Gasteiger partial charge is 0.480 e. The molecule has 1 atom stereocenters. The van der Waals surface area contributed by atoms with E-state index in [9.17, 15) is 9.59 Å². The van der Waals surface area contributed by atoms with Crippen LogP contribution in [0.3, 0.4) is 0 Å². The van der Waals surface area contributed by atoms with Gasteiger partial charge in [-0.25, -0.2) is 9.59 Å². The molecule has 2 amide bonds. The molecule has 1 unspecified atom stereocenters. The molecule has 0 aromatic rings. The van der Waals surface area contributed by atoms with E-state index in [0.29, 0.717) is 26.1 Å². The fourth-order valence-electron chi connectivity index (χ4n) is 1.96. The molecule has 0 saturated carbocycles. The number of rotatable bonds is 5. The summed E-state index contributed by atoms with van der Waals surface area (Å²) in [4.78, 5) is 22.7. The van der Waals surface area contributed by atoms with Crippen molar-refractivity contribution in [1.29, 1.82) is 0 Å². The lowest BCUT2D eigenvalue weighted by atomic mass is 9.93. The average Bonchev–Trinajstić information content (AvgIpc) is 2.28.